The lowest BCUT2D eigenvalue weighted by Crippen LogP contribution is -2.24. The van der Waals surface area contributed by atoms with E-state index in [9.17, 15) is 14.4 Å². The Morgan fingerprint density at radius 1 is 0.769 bits per heavy atom. The Kier molecular flexibility index (Phi) is 23.3. The highest BCUT2D eigenvalue weighted by molar-refractivity contribution is 5.92. The molecule has 0 aromatic rings. The van der Waals surface area contributed by atoms with E-state index in [1.165, 1.54) is 27.7 Å². The van der Waals surface area contributed by atoms with Gasteiger partial charge in [0, 0.05) is 13.8 Å². The third-order valence-electron chi connectivity index (χ3n) is 0.352. The average Bonchev–Trinajstić information content (AvgIpc) is 1.56. The van der Waals surface area contributed by atoms with Gasteiger partial charge in [-0.15, -0.1) is 0 Å². The lowest BCUT2D eigenvalue weighted by atomic mass is 10.6. The summed E-state index contributed by atoms with van der Waals surface area (Å²) in [5.41, 5.74) is 0. The van der Waals surface area contributed by atoms with E-state index in [2.05, 4.69) is 0 Å². The van der Waals surface area contributed by atoms with Crippen LogP contribution in [0.25, 0.3) is 0 Å². The molecule has 4 heteroatoms. The number of carbonyl (C=O) groups is 3. The minimum Gasteiger partial charge on any atom is -0.300 e. The molecule has 4 nitrogen and oxygen atoms in total. The van der Waals surface area contributed by atoms with Crippen LogP contribution in [0.15, 0.2) is 0 Å². The van der Waals surface area contributed by atoms with Crippen LogP contribution >= 0.6 is 0 Å². The average molecular weight is 191 g/mol. The number of imide groups is 1. The second-order valence-corrected chi connectivity index (χ2v) is 2.15. The van der Waals surface area contributed by atoms with Crippen molar-refractivity contribution >= 4 is 17.6 Å². The number of carbonyl (C=O) groups excluding carboxylic acids is 3. The number of hydrogen-bond acceptors (Lipinski definition) is 3. The second-order valence-electron chi connectivity index (χ2n) is 2.15. The van der Waals surface area contributed by atoms with Gasteiger partial charge in [0.15, 0.2) is 0 Å². The molecule has 0 aliphatic heterocycles. The van der Waals surface area contributed by atoms with Gasteiger partial charge in [-0.1, -0.05) is 14.9 Å². The van der Waals surface area contributed by atoms with Crippen molar-refractivity contribution in [3.8, 4) is 0 Å². The van der Waals surface area contributed by atoms with Crippen LogP contribution in [0, 0.1) is 0 Å². The number of amides is 2. The van der Waals surface area contributed by atoms with Crippen molar-refractivity contribution in [2.45, 2.75) is 42.5 Å². The SMILES string of the molecule is C.C.CC(=O)NC(C)=O.CC(C)=O. The Balaban J connectivity index is -0.0000000600. The van der Waals surface area contributed by atoms with Crippen molar-refractivity contribution in [2.24, 2.45) is 0 Å². The van der Waals surface area contributed by atoms with Crippen LogP contribution < -0.4 is 5.32 Å². The van der Waals surface area contributed by atoms with Crippen LogP contribution in [0.5, 0.6) is 0 Å². The number of hydrogen-bond donors (Lipinski definition) is 1. The van der Waals surface area contributed by atoms with E-state index in [-0.39, 0.29) is 32.5 Å². The highest BCUT2D eigenvalue weighted by Crippen LogP contribution is 1.58. The lowest BCUT2D eigenvalue weighted by Gasteiger charge is -1.88. The van der Waals surface area contributed by atoms with Gasteiger partial charge >= 0.3 is 0 Å². The van der Waals surface area contributed by atoms with Crippen molar-refractivity contribution < 1.29 is 14.4 Å². The van der Waals surface area contributed by atoms with Crippen LogP contribution in [0.3, 0.4) is 0 Å². The minimum absolute atomic E-state index is 0. The van der Waals surface area contributed by atoms with Crippen LogP contribution in [-0.2, 0) is 14.4 Å². The van der Waals surface area contributed by atoms with Crippen molar-refractivity contribution in [2.75, 3.05) is 0 Å². The fourth-order valence-electron chi connectivity index (χ4n) is 0.248. The van der Waals surface area contributed by atoms with E-state index in [4.69, 9.17) is 0 Å². The summed E-state index contributed by atoms with van der Waals surface area (Å²) in [6.45, 7) is 5.64. The molecule has 0 saturated heterocycles. The maximum atomic E-state index is 9.92. The molecule has 0 saturated carbocycles. The molecule has 2 amide bonds. The Morgan fingerprint density at radius 3 is 0.923 bits per heavy atom. The Labute approximate surface area is 80.7 Å². The molecule has 13 heavy (non-hydrogen) atoms. The zero-order valence-corrected chi connectivity index (χ0v) is 7.22. The van der Waals surface area contributed by atoms with E-state index in [1.54, 1.807) is 0 Å². The third-order valence-corrected chi connectivity index (χ3v) is 0.352. The number of ketones is 1. The van der Waals surface area contributed by atoms with Crippen molar-refractivity contribution in [1.82, 2.24) is 5.32 Å². The van der Waals surface area contributed by atoms with Crippen LogP contribution in [0.2, 0.25) is 0 Å². The van der Waals surface area contributed by atoms with Gasteiger partial charge in [-0.3, -0.25) is 14.9 Å². The van der Waals surface area contributed by atoms with Crippen LogP contribution in [-0.4, -0.2) is 17.6 Å². The van der Waals surface area contributed by atoms with Crippen molar-refractivity contribution in [3.05, 3.63) is 0 Å². The van der Waals surface area contributed by atoms with Crippen molar-refractivity contribution in [1.29, 1.82) is 0 Å². The molecule has 0 atom stereocenters. The van der Waals surface area contributed by atoms with Gasteiger partial charge in [0.05, 0.1) is 0 Å². The van der Waals surface area contributed by atoms with Gasteiger partial charge in [0.2, 0.25) is 11.8 Å². The topological polar surface area (TPSA) is 63.2 Å². The Hall–Kier alpha value is -1.19. The molecule has 0 bridgehead atoms. The molecule has 1 N–H and O–H groups in total. The molecule has 0 spiro atoms. The van der Waals surface area contributed by atoms with Gasteiger partial charge < -0.3 is 4.79 Å². The summed E-state index contributed by atoms with van der Waals surface area (Å²) < 4.78 is 0. The monoisotopic (exact) mass is 191 g/mol. The molecule has 0 heterocycles. The maximum Gasteiger partial charge on any atom is 0.223 e. The van der Waals surface area contributed by atoms with E-state index < -0.39 is 0 Å². The predicted molar refractivity (Wildman–Crippen MR) is 54.3 cm³/mol. The highest BCUT2D eigenvalue weighted by atomic mass is 16.2. The summed E-state index contributed by atoms with van der Waals surface area (Å²) in [7, 11) is 0. The summed E-state index contributed by atoms with van der Waals surface area (Å²) in [4.78, 5) is 29.3. The maximum absolute atomic E-state index is 9.92. The number of nitrogens with one attached hydrogen (secondary N) is 1. The quantitative estimate of drug-likeness (QED) is 0.631. The zero-order valence-electron chi connectivity index (χ0n) is 7.22. The first-order chi connectivity index (χ1) is 4.86. The smallest absolute Gasteiger partial charge is 0.223 e. The Morgan fingerprint density at radius 2 is 0.923 bits per heavy atom. The molecule has 0 rings (SSSR count). The summed E-state index contributed by atoms with van der Waals surface area (Å²) in [6.07, 6.45) is 0. The van der Waals surface area contributed by atoms with E-state index in [0.29, 0.717) is 0 Å². The van der Waals surface area contributed by atoms with Crippen LogP contribution in [0.1, 0.15) is 42.5 Å². The van der Waals surface area contributed by atoms with E-state index in [0.717, 1.165) is 0 Å². The van der Waals surface area contributed by atoms with Gasteiger partial charge in [-0.2, -0.15) is 0 Å². The Bertz CT molecular complexity index is 148. The normalized spacial score (nSPS) is 6.15. The first kappa shape index (κ1) is 22.6. The third kappa shape index (κ3) is 106. The molecule has 0 fully saturated rings. The first-order valence-corrected chi connectivity index (χ1v) is 3.11. The molecule has 0 aromatic heterocycles. The van der Waals surface area contributed by atoms with Crippen molar-refractivity contribution in [3.63, 3.8) is 0 Å². The summed E-state index contributed by atoms with van der Waals surface area (Å²) in [6, 6.07) is 0. The zero-order chi connectivity index (χ0) is 9.44. The minimum atomic E-state index is -0.312. The summed E-state index contributed by atoms with van der Waals surface area (Å²) >= 11 is 0. The lowest BCUT2D eigenvalue weighted by molar-refractivity contribution is -0.128. The summed E-state index contributed by atoms with van der Waals surface area (Å²) in [5, 5.41) is 2.03. The fraction of sp³-hybridized carbons (Fsp3) is 0.667. The molecule has 0 aromatic carbocycles. The van der Waals surface area contributed by atoms with Gasteiger partial charge in [-0.25, -0.2) is 0 Å². The van der Waals surface area contributed by atoms with Gasteiger partial charge in [0.25, 0.3) is 0 Å². The molecule has 0 aliphatic rings. The summed E-state index contributed by atoms with van der Waals surface area (Å²) in [5.74, 6) is -0.458. The fourth-order valence-corrected chi connectivity index (χ4v) is 0.248. The predicted octanol–water partition coefficient (Wildman–Crippen LogP) is 1.54. The molecule has 0 aliphatic carbocycles. The van der Waals surface area contributed by atoms with Gasteiger partial charge in [-0.05, 0) is 13.8 Å². The molecule has 0 radical (unpaired) electrons. The van der Waals surface area contributed by atoms with E-state index >= 15 is 0 Å². The highest BCUT2D eigenvalue weighted by Gasteiger charge is 1.90. The first-order valence-electron chi connectivity index (χ1n) is 3.11. The van der Waals surface area contributed by atoms with E-state index in [1.807, 2.05) is 5.32 Å². The standard InChI is InChI=1S/C4H7NO2.C3H6O.2CH4/c1-3(6)5-4(2)7;1-3(2)4;;/h1-2H3,(H,5,6,7);1-2H3;2*1H4. The largest absolute Gasteiger partial charge is 0.300 e. The molecule has 0 unspecified atom stereocenters. The molecule has 80 valence electrons. The molecular formula is C9H21NO3. The number of rotatable bonds is 0. The second kappa shape index (κ2) is 13.4. The molecular weight excluding hydrogens is 170 g/mol. The number of Topliss-reactive ketones (excluding diaryl/α,β-unsaturated/α-hetero) is 1. The van der Waals surface area contributed by atoms with Gasteiger partial charge in [0.1, 0.15) is 5.78 Å². The van der Waals surface area contributed by atoms with Crippen LogP contribution in [0.4, 0.5) is 0 Å².